The van der Waals surface area contributed by atoms with Crippen molar-refractivity contribution in [1.82, 2.24) is 0 Å². The minimum atomic E-state index is 0.0147. The van der Waals surface area contributed by atoms with Gasteiger partial charge in [0.05, 0.1) is 13.7 Å². The van der Waals surface area contributed by atoms with Crippen molar-refractivity contribution < 1.29 is 9.53 Å². The number of benzene rings is 2. The minimum Gasteiger partial charge on any atom is -0.497 e. The first-order chi connectivity index (χ1) is 12.7. The van der Waals surface area contributed by atoms with Crippen molar-refractivity contribution in [3.05, 3.63) is 77.0 Å². The highest BCUT2D eigenvalue weighted by atomic mass is 32.1. The van der Waals surface area contributed by atoms with Crippen LogP contribution in [0.1, 0.15) is 11.3 Å². The number of hydrogen-bond acceptors (Lipinski definition) is 4. The van der Waals surface area contributed by atoms with E-state index in [1.807, 2.05) is 60.7 Å². The summed E-state index contributed by atoms with van der Waals surface area (Å²) in [6.07, 6.45) is 0.423. The van der Waals surface area contributed by atoms with Gasteiger partial charge in [-0.3, -0.25) is 4.79 Å². The molecule has 0 atom stereocenters. The van der Waals surface area contributed by atoms with Crippen molar-refractivity contribution in [1.29, 1.82) is 0 Å². The molecule has 5 heteroatoms. The Bertz CT molecular complexity index is 802. The van der Waals surface area contributed by atoms with Gasteiger partial charge in [0.2, 0.25) is 5.91 Å². The van der Waals surface area contributed by atoms with Crippen LogP contribution in [-0.4, -0.2) is 19.6 Å². The van der Waals surface area contributed by atoms with E-state index in [-0.39, 0.29) is 5.91 Å². The first kappa shape index (κ1) is 18.0. The van der Waals surface area contributed by atoms with Gasteiger partial charge in [0.1, 0.15) is 5.75 Å². The zero-order chi connectivity index (χ0) is 18.2. The predicted octanol–water partition coefficient (Wildman–Crippen LogP) is 4.79. The molecule has 3 rings (SSSR count). The lowest BCUT2D eigenvalue weighted by atomic mass is 10.2. The predicted molar refractivity (Wildman–Crippen MR) is 108 cm³/mol. The molecule has 4 nitrogen and oxygen atoms in total. The molecule has 0 aliphatic rings. The van der Waals surface area contributed by atoms with Gasteiger partial charge in [-0.05, 0) is 47.8 Å². The SMILES string of the molecule is COc1ccc(N(CCC(=O)Nc2ccccc2)Cc2cccs2)cc1. The summed E-state index contributed by atoms with van der Waals surface area (Å²) in [6.45, 7) is 1.42. The van der Waals surface area contributed by atoms with Gasteiger partial charge >= 0.3 is 0 Å². The zero-order valence-corrected chi connectivity index (χ0v) is 15.5. The van der Waals surface area contributed by atoms with E-state index in [0.717, 1.165) is 23.7 Å². The Hall–Kier alpha value is -2.79. The molecule has 0 fully saturated rings. The van der Waals surface area contributed by atoms with E-state index < -0.39 is 0 Å². The second kappa shape index (κ2) is 9.06. The van der Waals surface area contributed by atoms with Crippen LogP contribution < -0.4 is 15.0 Å². The Morgan fingerprint density at radius 2 is 1.81 bits per heavy atom. The van der Waals surface area contributed by atoms with Gasteiger partial charge in [-0.2, -0.15) is 0 Å². The molecule has 2 aromatic carbocycles. The average Bonchev–Trinajstić information content (AvgIpc) is 3.19. The fourth-order valence-electron chi connectivity index (χ4n) is 2.66. The summed E-state index contributed by atoms with van der Waals surface area (Å²) in [6, 6.07) is 21.7. The standard InChI is InChI=1S/C21H22N2O2S/c1-25-19-11-9-18(10-12-19)23(16-20-8-5-15-26-20)14-13-21(24)22-17-6-3-2-4-7-17/h2-12,15H,13-14,16H2,1H3,(H,22,24). The number of methoxy groups -OCH3 is 1. The molecule has 0 saturated carbocycles. The topological polar surface area (TPSA) is 41.6 Å². The van der Waals surface area contributed by atoms with Crippen LogP contribution in [0, 0.1) is 0 Å². The van der Waals surface area contributed by atoms with Gasteiger partial charge in [0, 0.05) is 29.2 Å². The minimum absolute atomic E-state index is 0.0147. The smallest absolute Gasteiger partial charge is 0.226 e. The van der Waals surface area contributed by atoms with Crippen molar-refractivity contribution in [3.8, 4) is 5.75 Å². The first-order valence-electron chi connectivity index (χ1n) is 8.51. The van der Waals surface area contributed by atoms with E-state index in [0.29, 0.717) is 13.0 Å². The number of carbonyl (C=O) groups excluding carboxylic acids is 1. The van der Waals surface area contributed by atoms with Crippen LogP contribution in [0.3, 0.4) is 0 Å². The van der Waals surface area contributed by atoms with E-state index in [2.05, 4.69) is 21.7 Å². The van der Waals surface area contributed by atoms with E-state index in [1.54, 1.807) is 18.4 Å². The molecule has 1 N–H and O–H groups in total. The molecule has 134 valence electrons. The number of nitrogens with zero attached hydrogens (tertiary/aromatic N) is 1. The molecule has 0 spiro atoms. The second-order valence-electron chi connectivity index (χ2n) is 5.86. The van der Waals surface area contributed by atoms with Gasteiger partial charge in [-0.15, -0.1) is 11.3 Å². The van der Waals surface area contributed by atoms with E-state index in [1.165, 1.54) is 4.88 Å². The Labute approximate surface area is 158 Å². The van der Waals surface area contributed by atoms with Crippen LogP contribution in [0.2, 0.25) is 0 Å². The van der Waals surface area contributed by atoms with Crippen molar-refractivity contribution in [3.63, 3.8) is 0 Å². The summed E-state index contributed by atoms with van der Waals surface area (Å²) < 4.78 is 5.24. The van der Waals surface area contributed by atoms with Crippen molar-refractivity contribution >= 4 is 28.6 Å². The number of carbonyl (C=O) groups is 1. The molecule has 0 saturated heterocycles. The average molecular weight is 366 g/mol. The fourth-order valence-corrected chi connectivity index (χ4v) is 3.38. The maximum Gasteiger partial charge on any atom is 0.226 e. The number of rotatable bonds is 8. The summed E-state index contributed by atoms with van der Waals surface area (Å²) in [7, 11) is 1.66. The summed E-state index contributed by atoms with van der Waals surface area (Å²) in [5.74, 6) is 0.840. The van der Waals surface area contributed by atoms with Crippen LogP contribution in [0.5, 0.6) is 5.75 Å². The zero-order valence-electron chi connectivity index (χ0n) is 14.7. The monoisotopic (exact) mass is 366 g/mol. The number of amides is 1. The first-order valence-corrected chi connectivity index (χ1v) is 9.39. The van der Waals surface area contributed by atoms with Crippen molar-refractivity contribution in [2.24, 2.45) is 0 Å². The molecular weight excluding hydrogens is 344 g/mol. The number of hydrogen-bond donors (Lipinski definition) is 1. The third-order valence-electron chi connectivity index (χ3n) is 4.03. The molecule has 1 amide bonds. The molecule has 0 aliphatic heterocycles. The highest BCUT2D eigenvalue weighted by Gasteiger charge is 2.11. The van der Waals surface area contributed by atoms with Crippen LogP contribution in [0.15, 0.2) is 72.1 Å². The normalized spacial score (nSPS) is 10.3. The lowest BCUT2D eigenvalue weighted by molar-refractivity contribution is -0.116. The molecule has 0 radical (unpaired) electrons. The Balaban J connectivity index is 1.65. The number of thiophene rings is 1. The third-order valence-corrected chi connectivity index (χ3v) is 4.89. The van der Waals surface area contributed by atoms with Gasteiger partial charge in [-0.1, -0.05) is 24.3 Å². The molecule has 0 unspecified atom stereocenters. The lowest BCUT2D eigenvalue weighted by Gasteiger charge is -2.24. The highest BCUT2D eigenvalue weighted by molar-refractivity contribution is 7.09. The Morgan fingerprint density at radius 3 is 2.46 bits per heavy atom. The maximum absolute atomic E-state index is 12.3. The maximum atomic E-state index is 12.3. The third kappa shape index (κ3) is 5.10. The van der Waals surface area contributed by atoms with E-state index >= 15 is 0 Å². The van der Waals surface area contributed by atoms with Gasteiger partial charge < -0.3 is 15.0 Å². The fraction of sp³-hybridized carbons (Fsp3) is 0.190. The van der Waals surface area contributed by atoms with E-state index in [9.17, 15) is 4.79 Å². The Kier molecular flexibility index (Phi) is 6.28. The van der Waals surface area contributed by atoms with Gasteiger partial charge in [-0.25, -0.2) is 0 Å². The quantitative estimate of drug-likeness (QED) is 0.623. The van der Waals surface area contributed by atoms with Crippen molar-refractivity contribution in [2.75, 3.05) is 23.9 Å². The summed E-state index contributed by atoms with van der Waals surface area (Å²) in [5, 5.41) is 5.02. The highest BCUT2D eigenvalue weighted by Crippen LogP contribution is 2.23. The Morgan fingerprint density at radius 1 is 1.04 bits per heavy atom. The lowest BCUT2D eigenvalue weighted by Crippen LogP contribution is -2.27. The second-order valence-corrected chi connectivity index (χ2v) is 6.90. The number of anilines is 2. The molecule has 26 heavy (non-hydrogen) atoms. The summed E-state index contributed by atoms with van der Waals surface area (Å²) in [5.41, 5.74) is 1.90. The van der Waals surface area contributed by atoms with E-state index in [4.69, 9.17) is 4.74 Å². The van der Waals surface area contributed by atoms with Crippen LogP contribution in [0.25, 0.3) is 0 Å². The van der Waals surface area contributed by atoms with Gasteiger partial charge in [0.25, 0.3) is 0 Å². The number of nitrogens with one attached hydrogen (secondary N) is 1. The molecule has 1 heterocycles. The molecular formula is C21H22N2O2S. The summed E-state index contributed by atoms with van der Waals surface area (Å²) in [4.78, 5) is 15.8. The van der Waals surface area contributed by atoms with Crippen LogP contribution >= 0.6 is 11.3 Å². The molecule has 3 aromatic rings. The van der Waals surface area contributed by atoms with Crippen LogP contribution in [-0.2, 0) is 11.3 Å². The number of ether oxygens (including phenoxy) is 1. The van der Waals surface area contributed by atoms with Crippen molar-refractivity contribution in [2.45, 2.75) is 13.0 Å². The van der Waals surface area contributed by atoms with Gasteiger partial charge in [0.15, 0.2) is 0 Å². The largest absolute Gasteiger partial charge is 0.497 e. The number of para-hydroxylation sites is 1. The summed E-state index contributed by atoms with van der Waals surface area (Å²) >= 11 is 1.72. The molecule has 0 aliphatic carbocycles. The molecule has 0 bridgehead atoms. The van der Waals surface area contributed by atoms with Crippen LogP contribution in [0.4, 0.5) is 11.4 Å². The molecule has 1 aromatic heterocycles.